The molecule has 0 aromatic heterocycles. The average molecular weight is 239 g/mol. The fourth-order valence-electron chi connectivity index (χ4n) is 1.84. The Morgan fingerprint density at radius 2 is 1.82 bits per heavy atom. The van der Waals surface area contributed by atoms with Gasteiger partial charge < -0.3 is 5.32 Å². The highest BCUT2D eigenvalue weighted by Gasteiger charge is 2.07. The molecule has 0 bridgehead atoms. The van der Waals surface area contributed by atoms with Gasteiger partial charge in [0.2, 0.25) is 0 Å². The minimum atomic E-state index is -0.521. The zero-order chi connectivity index (χ0) is 12.8. The molecule has 0 radical (unpaired) electrons. The Hall–Kier alpha value is -1.22. The number of allylic oxidation sites excluding steroid dienone is 1. The molecule has 0 heterocycles. The summed E-state index contributed by atoms with van der Waals surface area (Å²) in [7, 11) is 0. The summed E-state index contributed by atoms with van der Waals surface area (Å²) in [4.78, 5) is 0. The van der Waals surface area contributed by atoms with Crippen molar-refractivity contribution >= 4 is 0 Å². The first-order valence-corrected chi connectivity index (χ1v) is 5.84. The minimum absolute atomic E-state index is 0.117. The lowest BCUT2D eigenvalue weighted by molar-refractivity contribution is 0.569. The lowest BCUT2D eigenvalue weighted by Crippen LogP contribution is -2.29. The molecule has 94 valence electrons. The van der Waals surface area contributed by atoms with Gasteiger partial charge in [0.15, 0.2) is 0 Å². The van der Waals surface area contributed by atoms with Gasteiger partial charge in [-0.05, 0) is 44.5 Å². The normalized spacial score (nSPS) is 12.3. The topological polar surface area (TPSA) is 12.0 Å². The predicted octanol–water partition coefficient (Wildman–Crippen LogP) is 3.45. The molecule has 1 unspecified atom stereocenters. The van der Waals surface area contributed by atoms with E-state index in [1.54, 1.807) is 0 Å². The predicted molar refractivity (Wildman–Crippen MR) is 67.0 cm³/mol. The lowest BCUT2D eigenvalue weighted by Gasteiger charge is -2.14. The van der Waals surface area contributed by atoms with Crippen molar-refractivity contribution in [1.29, 1.82) is 0 Å². The summed E-state index contributed by atoms with van der Waals surface area (Å²) in [6.45, 7) is 6.86. The zero-order valence-electron chi connectivity index (χ0n) is 10.6. The Kier molecular flexibility index (Phi) is 5.29. The molecule has 1 nitrogen and oxygen atoms in total. The molecular formula is C14H19F2N. The summed E-state index contributed by atoms with van der Waals surface area (Å²) in [6.07, 6.45) is 2.67. The zero-order valence-corrected chi connectivity index (χ0v) is 10.6. The number of hydrogen-bond donors (Lipinski definition) is 1. The van der Waals surface area contributed by atoms with Gasteiger partial charge in [0.1, 0.15) is 11.6 Å². The number of rotatable bonds is 5. The van der Waals surface area contributed by atoms with E-state index in [1.165, 1.54) is 17.7 Å². The molecule has 0 aliphatic rings. The van der Waals surface area contributed by atoms with Crippen molar-refractivity contribution in [3.8, 4) is 0 Å². The first-order chi connectivity index (χ1) is 8.01. The van der Waals surface area contributed by atoms with Crippen molar-refractivity contribution in [2.45, 2.75) is 33.2 Å². The largest absolute Gasteiger partial charge is 0.310 e. The van der Waals surface area contributed by atoms with Crippen molar-refractivity contribution in [2.75, 3.05) is 6.54 Å². The maximum atomic E-state index is 13.1. The van der Waals surface area contributed by atoms with E-state index in [0.717, 1.165) is 12.6 Å². The van der Waals surface area contributed by atoms with Crippen molar-refractivity contribution in [3.63, 3.8) is 0 Å². The Bertz CT molecular complexity index is 375. The van der Waals surface area contributed by atoms with Crippen LogP contribution < -0.4 is 5.32 Å². The van der Waals surface area contributed by atoms with Crippen LogP contribution in [-0.4, -0.2) is 12.6 Å². The first-order valence-electron chi connectivity index (χ1n) is 5.84. The second-order valence-electron chi connectivity index (χ2n) is 4.39. The quantitative estimate of drug-likeness (QED) is 0.776. The van der Waals surface area contributed by atoms with Gasteiger partial charge >= 0.3 is 0 Å². The van der Waals surface area contributed by atoms with Crippen LogP contribution in [0.2, 0.25) is 0 Å². The fraction of sp³-hybridized carbons (Fsp3) is 0.429. The molecule has 1 N–H and O–H groups in total. The molecule has 17 heavy (non-hydrogen) atoms. The third-order valence-electron chi connectivity index (χ3n) is 2.38. The SMILES string of the molecule is CCNC(C=C(C)C)Cc1cc(F)cc(F)c1. The van der Waals surface area contributed by atoms with Gasteiger partial charge in [-0.25, -0.2) is 8.78 Å². The van der Waals surface area contributed by atoms with Crippen LogP contribution in [0.3, 0.4) is 0 Å². The molecule has 0 aliphatic heterocycles. The van der Waals surface area contributed by atoms with Crippen LogP contribution in [0.5, 0.6) is 0 Å². The van der Waals surface area contributed by atoms with Crippen molar-refractivity contribution in [3.05, 3.63) is 47.0 Å². The number of likely N-dealkylation sites (N-methyl/N-ethyl adjacent to an activating group) is 1. The second kappa shape index (κ2) is 6.50. The second-order valence-corrected chi connectivity index (χ2v) is 4.39. The van der Waals surface area contributed by atoms with E-state index in [4.69, 9.17) is 0 Å². The highest BCUT2D eigenvalue weighted by atomic mass is 19.1. The van der Waals surface area contributed by atoms with Crippen molar-refractivity contribution < 1.29 is 8.78 Å². The van der Waals surface area contributed by atoms with Gasteiger partial charge in [0.25, 0.3) is 0 Å². The molecule has 0 saturated heterocycles. The van der Waals surface area contributed by atoms with E-state index >= 15 is 0 Å². The molecule has 0 amide bonds. The summed E-state index contributed by atoms with van der Waals surface area (Å²) in [5.74, 6) is -1.04. The molecule has 1 aromatic rings. The van der Waals surface area contributed by atoms with Gasteiger partial charge in [0, 0.05) is 12.1 Å². The number of halogens is 2. The standard InChI is InChI=1S/C14H19F2N/c1-4-17-14(5-10(2)3)8-11-6-12(15)9-13(16)7-11/h5-7,9,14,17H,4,8H2,1-3H3. The summed E-state index contributed by atoms with van der Waals surface area (Å²) in [6, 6.07) is 3.77. The Morgan fingerprint density at radius 1 is 1.24 bits per heavy atom. The highest BCUT2D eigenvalue weighted by molar-refractivity contribution is 5.20. The van der Waals surface area contributed by atoms with E-state index in [-0.39, 0.29) is 6.04 Å². The molecule has 1 atom stereocenters. The summed E-state index contributed by atoms with van der Waals surface area (Å²) >= 11 is 0. The number of nitrogens with one attached hydrogen (secondary N) is 1. The van der Waals surface area contributed by atoms with Crippen LogP contribution >= 0.6 is 0 Å². The Balaban J connectivity index is 2.81. The molecule has 0 fully saturated rings. The summed E-state index contributed by atoms with van der Waals surface area (Å²) in [5, 5.41) is 3.28. The Labute approximate surface area is 102 Å². The molecule has 0 saturated carbocycles. The van der Waals surface area contributed by atoms with E-state index in [9.17, 15) is 8.78 Å². The monoisotopic (exact) mass is 239 g/mol. The van der Waals surface area contributed by atoms with E-state index in [0.29, 0.717) is 12.0 Å². The molecule has 1 rings (SSSR count). The van der Waals surface area contributed by atoms with Gasteiger partial charge in [-0.15, -0.1) is 0 Å². The maximum Gasteiger partial charge on any atom is 0.126 e. The number of benzene rings is 1. The summed E-state index contributed by atoms with van der Waals surface area (Å²) in [5.41, 5.74) is 1.86. The lowest BCUT2D eigenvalue weighted by atomic mass is 10.0. The van der Waals surface area contributed by atoms with E-state index in [1.807, 2.05) is 20.8 Å². The third-order valence-corrected chi connectivity index (χ3v) is 2.38. The fourth-order valence-corrected chi connectivity index (χ4v) is 1.84. The molecule has 0 spiro atoms. The van der Waals surface area contributed by atoms with Gasteiger partial charge in [-0.3, -0.25) is 0 Å². The molecule has 3 heteroatoms. The molecular weight excluding hydrogens is 220 g/mol. The number of hydrogen-bond acceptors (Lipinski definition) is 1. The van der Waals surface area contributed by atoms with Crippen LogP contribution in [0.15, 0.2) is 29.8 Å². The highest BCUT2D eigenvalue weighted by Crippen LogP contribution is 2.11. The third kappa shape index (κ3) is 5.09. The summed E-state index contributed by atoms with van der Waals surface area (Å²) < 4.78 is 26.1. The molecule has 0 aliphatic carbocycles. The molecule has 1 aromatic carbocycles. The van der Waals surface area contributed by atoms with Crippen molar-refractivity contribution in [2.24, 2.45) is 0 Å². The average Bonchev–Trinajstić information content (AvgIpc) is 2.14. The van der Waals surface area contributed by atoms with Crippen molar-refractivity contribution in [1.82, 2.24) is 5.32 Å². The minimum Gasteiger partial charge on any atom is -0.310 e. The van der Waals surface area contributed by atoms with Gasteiger partial charge in [-0.1, -0.05) is 18.6 Å². The van der Waals surface area contributed by atoms with Crippen LogP contribution in [-0.2, 0) is 6.42 Å². The van der Waals surface area contributed by atoms with E-state index in [2.05, 4.69) is 11.4 Å². The van der Waals surface area contributed by atoms with Crippen LogP contribution in [0.4, 0.5) is 8.78 Å². The van der Waals surface area contributed by atoms with Gasteiger partial charge in [0.05, 0.1) is 0 Å². The maximum absolute atomic E-state index is 13.1. The van der Waals surface area contributed by atoms with Crippen LogP contribution in [0.25, 0.3) is 0 Å². The smallest absolute Gasteiger partial charge is 0.126 e. The van der Waals surface area contributed by atoms with Gasteiger partial charge in [-0.2, -0.15) is 0 Å². The van der Waals surface area contributed by atoms with Crippen LogP contribution in [0, 0.1) is 11.6 Å². The van der Waals surface area contributed by atoms with E-state index < -0.39 is 11.6 Å². The van der Waals surface area contributed by atoms with Crippen LogP contribution in [0.1, 0.15) is 26.3 Å². The Morgan fingerprint density at radius 3 is 2.29 bits per heavy atom. The first kappa shape index (κ1) is 13.8.